The highest BCUT2D eigenvalue weighted by atomic mass is 19.1. The van der Waals surface area contributed by atoms with E-state index in [2.05, 4.69) is 14.8 Å². The monoisotopic (exact) mass is 449 g/mol. The Morgan fingerprint density at radius 3 is 2.45 bits per heavy atom. The maximum absolute atomic E-state index is 13.2. The van der Waals surface area contributed by atoms with Crippen LogP contribution in [0, 0.1) is 5.82 Å². The molecule has 2 aromatic carbocycles. The summed E-state index contributed by atoms with van der Waals surface area (Å²) in [5, 5.41) is 0. The molecule has 0 radical (unpaired) electrons. The summed E-state index contributed by atoms with van der Waals surface area (Å²) < 4.78 is 24.6. The van der Waals surface area contributed by atoms with Crippen molar-refractivity contribution in [2.75, 3.05) is 31.1 Å². The highest BCUT2D eigenvalue weighted by Gasteiger charge is 2.24. The average molecular weight is 450 g/mol. The number of benzene rings is 2. The van der Waals surface area contributed by atoms with Crippen molar-refractivity contribution in [1.29, 1.82) is 0 Å². The van der Waals surface area contributed by atoms with Crippen molar-refractivity contribution >= 4 is 11.8 Å². The molecule has 0 saturated carbocycles. The first-order valence-electron chi connectivity index (χ1n) is 11.1. The number of halogens is 1. The number of anilines is 1. The van der Waals surface area contributed by atoms with Crippen LogP contribution in [-0.2, 0) is 11.3 Å². The van der Waals surface area contributed by atoms with Crippen LogP contribution >= 0.6 is 0 Å². The molecule has 4 rings (SSSR count). The predicted octanol–water partition coefficient (Wildman–Crippen LogP) is 4.90. The normalized spacial score (nSPS) is 14.4. The molecule has 7 heteroatoms. The molecule has 0 N–H and O–H groups in total. The van der Waals surface area contributed by atoms with Gasteiger partial charge in [-0.25, -0.2) is 14.2 Å². The van der Waals surface area contributed by atoms with Gasteiger partial charge in [0.25, 0.3) is 0 Å². The van der Waals surface area contributed by atoms with E-state index in [1.165, 1.54) is 12.1 Å². The molecule has 0 spiro atoms. The van der Waals surface area contributed by atoms with Crippen LogP contribution in [0.15, 0.2) is 66.9 Å². The van der Waals surface area contributed by atoms with E-state index in [-0.39, 0.29) is 17.9 Å². The highest BCUT2D eigenvalue weighted by molar-refractivity contribution is 5.94. The van der Waals surface area contributed by atoms with E-state index in [4.69, 9.17) is 9.47 Å². The van der Waals surface area contributed by atoms with E-state index < -0.39 is 0 Å². The van der Waals surface area contributed by atoms with Crippen molar-refractivity contribution in [3.8, 4) is 11.5 Å². The topological polar surface area (TPSA) is 54.9 Å². The van der Waals surface area contributed by atoms with Crippen LogP contribution in [0.3, 0.4) is 0 Å². The predicted molar refractivity (Wildman–Crippen MR) is 125 cm³/mol. The third kappa shape index (κ3) is 5.87. The molecule has 1 aliphatic rings. The van der Waals surface area contributed by atoms with E-state index in [9.17, 15) is 9.18 Å². The quantitative estimate of drug-likeness (QED) is 0.478. The number of pyridine rings is 1. The molecule has 0 atom stereocenters. The van der Waals surface area contributed by atoms with Crippen LogP contribution in [-0.4, -0.2) is 48.1 Å². The fourth-order valence-electron chi connectivity index (χ4n) is 3.81. The number of rotatable bonds is 7. The smallest absolute Gasteiger partial charge is 0.342 e. The van der Waals surface area contributed by atoms with E-state index in [1.807, 2.05) is 38.1 Å². The molecule has 0 aliphatic carbocycles. The lowest BCUT2D eigenvalue weighted by molar-refractivity contribution is 0.0378. The Balaban J connectivity index is 1.40. The number of carbonyl (C=O) groups excluding carboxylic acids is 1. The SMILES string of the molecule is CC(C)OC(=O)c1cccnc1N1CCN(Cc2ccccc2Oc2ccc(F)cc2)CC1. The van der Waals surface area contributed by atoms with Crippen LogP contribution in [0.2, 0.25) is 0 Å². The van der Waals surface area contributed by atoms with Gasteiger partial charge in [-0.15, -0.1) is 0 Å². The van der Waals surface area contributed by atoms with E-state index in [0.717, 1.165) is 44.0 Å². The third-order valence-corrected chi connectivity index (χ3v) is 5.43. The molecule has 172 valence electrons. The lowest BCUT2D eigenvalue weighted by Crippen LogP contribution is -2.46. The molecule has 33 heavy (non-hydrogen) atoms. The van der Waals surface area contributed by atoms with Gasteiger partial charge in [-0.05, 0) is 56.3 Å². The number of nitrogens with zero attached hydrogens (tertiary/aromatic N) is 3. The van der Waals surface area contributed by atoms with Crippen molar-refractivity contribution in [3.63, 3.8) is 0 Å². The van der Waals surface area contributed by atoms with Crippen molar-refractivity contribution in [3.05, 3.63) is 83.8 Å². The van der Waals surface area contributed by atoms with Gasteiger partial charge in [0.2, 0.25) is 0 Å². The Bertz CT molecular complexity index is 1080. The zero-order valence-electron chi connectivity index (χ0n) is 18.9. The number of hydrogen-bond donors (Lipinski definition) is 0. The Morgan fingerprint density at radius 2 is 1.73 bits per heavy atom. The standard InChI is InChI=1S/C26H28FN3O3/c1-19(2)32-26(31)23-7-5-13-28-25(23)30-16-14-29(15-17-30)18-20-6-3-4-8-24(20)33-22-11-9-21(27)10-12-22/h3-13,19H,14-18H2,1-2H3. The molecular formula is C26H28FN3O3. The molecule has 0 unspecified atom stereocenters. The lowest BCUT2D eigenvalue weighted by atomic mass is 10.1. The highest BCUT2D eigenvalue weighted by Crippen LogP contribution is 2.27. The zero-order chi connectivity index (χ0) is 23.2. The zero-order valence-corrected chi connectivity index (χ0v) is 18.9. The minimum atomic E-state index is -0.345. The van der Waals surface area contributed by atoms with Crippen LogP contribution in [0.5, 0.6) is 11.5 Å². The van der Waals surface area contributed by atoms with Crippen LogP contribution in [0.25, 0.3) is 0 Å². The van der Waals surface area contributed by atoms with Gasteiger partial charge < -0.3 is 14.4 Å². The number of piperazine rings is 1. The number of hydrogen-bond acceptors (Lipinski definition) is 6. The second kappa shape index (κ2) is 10.4. The third-order valence-electron chi connectivity index (χ3n) is 5.43. The van der Waals surface area contributed by atoms with Gasteiger partial charge in [-0.1, -0.05) is 18.2 Å². The average Bonchev–Trinajstić information content (AvgIpc) is 2.82. The molecule has 6 nitrogen and oxygen atoms in total. The number of aromatic nitrogens is 1. The Hall–Kier alpha value is -3.45. The maximum Gasteiger partial charge on any atom is 0.342 e. The molecule has 0 amide bonds. The second-order valence-corrected chi connectivity index (χ2v) is 8.26. The van der Waals surface area contributed by atoms with Gasteiger partial charge in [0.1, 0.15) is 28.7 Å². The summed E-state index contributed by atoms with van der Waals surface area (Å²) in [6.07, 6.45) is 1.52. The summed E-state index contributed by atoms with van der Waals surface area (Å²) in [5.41, 5.74) is 1.56. The minimum Gasteiger partial charge on any atom is -0.459 e. The summed E-state index contributed by atoms with van der Waals surface area (Å²) in [6.45, 7) is 7.55. The maximum atomic E-state index is 13.2. The van der Waals surface area contributed by atoms with Crippen molar-refractivity contribution < 1.29 is 18.7 Å². The van der Waals surface area contributed by atoms with Crippen molar-refractivity contribution in [2.45, 2.75) is 26.5 Å². The summed E-state index contributed by atoms with van der Waals surface area (Å²) >= 11 is 0. The molecule has 0 bridgehead atoms. The number of esters is 1. The molecule has 1 fully saturated rings. The van der Waals surface area contributed by atoms with Crippen molar-refractivity contribution in [2.24, 2.45) is 0 Å². The van der Waals surface area contributed by atoms with Gasteiger partial charge in [-0.2, -0.15) is 0 Å². The van der Waals surface area contributed by atoms with E-state index in [1.54, 1.807) is 30.5 Å². The van der Waals surface area contributed by atoms with Crippen LogP contribution < -0.4 is 9.64 Å². The molecular weight excluding hydrogens is 421 g/mol. The van der Waals surface area contributed by atoms with Gasteiger partial charge >= 0.3 is 5.97 Å². The van der Waals surface area contributed by atoms with Crippen LogP contribution in [0.4, 0.5) is 10.2 Å². The summed E-state index contributed by atoms with van der Waals surface area (Å²) in [4.78, 5) is 21.4. The van der Waals surface area contributed by atoms with Crippen LogP contribution in [0.1, 0.15) is 29.8 Å². The van der Waals surface area contributed by atoms with Gasteiger partial charge in [0, 0.05) is 44.5 Å². The van der Waals surface area contributed by atoms with Crippen molar-refractivity contribution in [1.82, 2.24) is 9.88 Å². The molecule has 1 aromatic heterocycles. The molecule has 2 heterocycles. The fourth-order valence-corrected chi connectivity index (χ4v) is 3.81. The second-order valence-electron chi connectivity index (χ2n) is 8.26. The fraction of sp³-hybridized carbons (Fsp3) is 0.308. The first-order chi connectivity index (χ1) is 16.0. The molecule has 1 aliphatic heterocycles. The van der Waals surface area contributed by atoms with E-state index in [0.29, 0.717) is 17.1 Å². The lowest BCUT2D eigenvalue weighted by Gasteiger charge is -2.36. The first kappa shape index (κ1) is 22.7. The molecule has 3 aromatic rings. The van der Waals surface area contributed by atoms with Gasteiger partial charge in [-0.3, -0.25) is 4.90 Å². The summed E-state index contributed by atoms with van der Waals surface area (Å²) in [6, 6.07) is 17.4. The number of carbonyl (C=O) groups is 1. The minimum absolute atomic E-state index is 0.181. The number of para-hydroxylation sites is 1. The Labute approximate surface area is 193 Å². The number of ether oxygens (including phenoxy) is 2. The van der Waals surface area contributed by atoms with Gasteiger partial charge in [0.15, 0.2) is 0 Å². The molecule has 1 saturated heterocycles. The van der Waals surface area contributed by atoms with Gasteiger partial charge in [0.05, 0.1) is 6.10 Å². The summed E-state index contributed by atoms with van der Waals surface area (Å²) in [5.74, 6) is 1.40. The largest absolute Gasteiger partial charge is 0.459 e. The summed E-state index contributed by atoms with van der Waals surface area (Å²) in [7, 11) is 0. The van der Waals surface area contributed by atoms with E-state index >= 15 is 0 Å². The Morgan fingerprint density at radius 1 is 1.00 bits per heavy atom. The Kier molecular flexibility index (Phi) is 7.19. The first-order valence-corrected chi connectivity index (χ1v) is 11.1.